The van der Waals surface area contributed by atoms with E-state index in [-0.39, 0.29) is 6.04 Å². The molecule has 1 aliphatic rings. The first kappa shape index (κ1) is 15.6. The monoisotopic (exact) mass is 289 g/mol. The summed E-state index contributed by atoms with van der Waals surface area (Å²) in [7, 11) is 0. The van der Waals surface area contributed by atoms with Gasteiger partial charge in [0.25, 0.3) is 0 Å². The van der Waals surface area contributed by atoms with Gasteiger partial charge in [-0.1, -0.05) is 0 Å². The van der Waals surface area contributed by atoms with Gasteiger partial charge in [-0.25, -0.2) is 0 Å². The molecule has 0 aliphatic carbocycles. The van der Waals surface area contributed by atoms with Crippen molar-refractivity contribution in [3.05, 3.63) is 0 Å². The van der Waals surface area contributed by atoms with Crippen molar-refractivity contribution in [3.8, 4) is 0 Å². The van der Waals surface area contributed by atoms with Crippen LogP contribution < -0.4 is 5.32 Å². The summed E-state index contributed by atoms with van der Waals surface area (Å²) in [5, 5.41) is 4.76. The van der Waals surface area contributed by atoms with Crippen LogP contribution in [0.3, 0.4) is 0 Å². The molecule has 0 aromatic rings. The number of nitrogens with zero attached hydrogens (tertiary/aromatic N) is 2. The lowest BCUT2D eigenvalue weighted by Crippen LogP contribution is -2.55. The first-order valence-corrected chi connectivity index (χ1v) is 7.21. The van der Waals surface area contributed by atoms with Gasteiger partial charge in [0.2, 0.25) is 0 Å². The number of nitrogens with one attached hydrogen (secondary N) is 1. The Bertz CT molecular complexity index is 302. The van der Waals surface area contributed by atoms with E-state index in [1.165, 1.54) is 0 Å². The molecule has 0 saturated carbocycles. The van der Waals surface area contributed by atoms with Gasteiger partial charge in [0.15, 0.2) is 10.2 Å². The molecule has 0 bridgehead atoms. The van der Waals surface area contributed by atoms with Crippen LogP contribution >= 0.6 is 24.4 Å². The number of thiocarbonyl (C=S) groups is 2. The van der Waals surface area contributed by atoms with Gasteiger partial charge in [0.05, 0.1) is 13.2 Å². The number of ether oxygens (including phenoxy) is 1. The van der Waals surface area contributed by atoms with Crippen molar-refractivity contribution >= 4 is 34.7 Å². The predicted octanol–water partition coefficient (Wildman–Crippen LogP) is 1.60. The second-order valence-corrected chi connectivity index (χ2v) is 5.70. The van der Waals surface area contributed by atoms with Crippen LogP contribution in [0.5, 0.6) is 0 Å². The molecule has 1 saturated heterocycles. The largest absolute Gasteiger partial charge is 0.378 e. The fraction of sp³-hybridized carbons (Fsp3) is 0.833. The highest BCUT2D eigenvalue weighted by atomic mass is 32.1. The first-order chi connectivity index (χ1) is 8.43. The minimum Gasteiger partial charge on any atom is -0.378 e. The molecule has 1 heterocycles. The van der Waals surface area contributed by atoms with E-state index in [1.807, 2.05) is 4.90 Å². The van der Waals surface area contributed by atoms with Crippen LogP contribution in [0.1, 0.15) is 27.7 Å². The third kappa shape index (κ3) is 4.33. The maximum atomic E-state index is 5.57. The van der Waals surface area contributed by atoms with Crippen molar-refractivity contribution in [2.24, 2.45) is 0 Å². The number of hydrogen-bond acceptors (Lipinski definition) is 3. The zero-order valence-corrected chi connectivity index (χ0v) is 13.2. The molecule has 0 aromatic carbocycles. The maximum absolute atomic E-state index is 5.57. The zero-order valence-electron chi connectivity index (χ0n) is 11.6. The molecule has 1 aliphatic heterocycles. The molecule has 0 atom stereocenters. The van der Waals surface area contributed by atoms with Crippen molar-refractivity contribution in [1.29, 1.82) is 0 Å². The van der Waals surface area contributed by atoms with Gasteiger partial charge >= 0.3 is 0 Å². The maximum Gasteiger partial charge on any atom is 0.178 e. The van der Waals surface area contributed by atoms with Crippen LogP contribution in [-0.4, -0.2) is 58.4 Å². The Balaban J connectivity index is 2.71. The highest BCUT2D eigenvalue weighted by Crippen LogP contribution is 2.09. The van der Waals surface area contributed by atoms with Gasteiger partial charge in [-0.2, -0.15) is 0 Å². The van der Waals surface area contributed by atoms with Crippen molar-refractivity contribution in [2.45, 2.75) is 39.8 Å². The number of hydrogen-bond donors (Lipinski definition) is 1. The van der Waals surface area contributed by atoms with Crippen LogP contribution in [0.4, 0.5) is 0 Å². The lowest BCUT2D eigenvalue weighted by molar-refractivity contribution is 0.0649. The molecule has 1 rings (SSSR count). The molecule has 6 heteroatoms. The van der Waals surface area contributed by atoms with Crippen LogP contribution in [0, 0.1) is 0 Å². The Morgan fingerprint density at radius 1 is 1.17 bits per heavy atom. The van der Waals surface area contributed by atoms with Crippen molar-refractivity contribution in [1.82, 2.24) is 15.1 Å². The zero-order chi connectivity index (χ0) is 13.7. The van der Waals surface area contributed by atoms with E-state index in [0.717, 1.165) is 31.4 Å². The molecular weight excluding hydrogens is 266 g/mol. The Hall–Kier alpha value is -0.460. The summed E-state index contributed by atoms with van der Waals surface area (Å²) in [5.41, 5.74) is 0. The third-order valence-corrected chi connectivity index (χ3v) is 3.40. The average Bonchev–Trinajstić information content (AvgIpc) is 2.28. The van der Waals surface area contributed by atoms with Gasteiger partial charge in [-0.3, -0.25) is 4.90 Å². The van der Waals surface area contributed by atoms with Crippen molar-refractivity contribution in [2.75, 3.05) is 26.3 Å². The van der Waals surface area contributed by atoms with Crippen molar-refractivity contribution < 1.29 is 4.74 Å². The SMILES string of the molecule is CC(C)NC(=S)N(C(=S)N1CCOCC1)C(C)C. The molecule has 1 fully saturated rings. The Morgan fingerprint density at radius 2 is 1.72 bits per heavy atom. The Kier molecular flexibility index (Phi) is 6.25. The summed E-state index contributed by atoms with van der Waals surface area (Å²) in [5.74, 6) is 0. The lowest BCUT2D eigenvalue weighted by Gasteiger charge is -2.38. The molecular formula is C12H23N3OS2. The standard InChI is InChI=1S/C12H23N3OS2/c1-9(2)13-11(17)15(10(3)4)12(18)14-5-7-16-8-6-14/h9-10H,5-8H2,1-4H3,(H,13,17). The molecule has 4 nitrogen and oxygen atoms in total. The van der Waals surface area contributed by atoms with Gasteiger partial charge in [0.1, 0.15) is 0 Å². The molecule has 1 N–H and O–H groups in total. The highest BCUT2D eigenvalue weighted by Gasteiger charge is 2.24. The summed E-state index contributed by atoms with van der Waals surface area (Å²) >= 11 is 11.0. The van der Waals surface area contributed by atoms with E-state index in [4.69, 9.17) is 29.2 Å². The lowest BCUT2D eigenvalue weighted by atomic mass is 10.3. The molecule has 104 valence electrons. The van der Waals surface area contributed by atoms with Gasteiger partial charge in [-0.05, 0) is 52.1 Å². The van der Waals surface area contributed by atoms with E-state index in [9.17, 15) is 0 Å². The van der Waals surface area contributed by atoms with Crippen LogP contribution in [0.25, 0.3) is 0 Å². The van der Waals surface area contributed by atoms with Crippen LogP contribution in [0.2, 0.25) is 0 Å². The summed E-state index contributed by atoms with van der Waals surface area (Å²) in [4.78, 5) is 4.17. The summed E-state index contributed by atoms with van der Waals surface area (Å²) in [6, 6.07) is 0.560. The minimum atomic E-state index is 0.249. The van der Waals surface area contributed by atoms with E-state index in [0.29, 0.717) is 11.2 Å². The first-order valence-electron chi connectivity index (χ1n) is 6.40. The molecule has 0 spiro atoms. The number of rotatable bonds is 2. The summed E-state index contributed by atoms with van der Waals surface area (Å²) < 4.78 is 5.35. The van der Waals surface area contributed by atoms with Gasteiger partial charge < -0.3 is 15.0 Å². The molecule has 0 radical (unpaired) electrons. The molecule has 0 aromatic heterocycles. The van der Waals surface area contributed by atoms with E-state index in [1.54, 1.807) is 0 Å². The molecule has 0 amide bonds. The fourth-order valence-corrected chi connectivity index (χ4v) is 2.84. The molecule has 0 unspecified atom stereocenters. The fourth-order valence-electron chi connectivity index (χ4n) is 1.77. The second kappa shape index (κ2) is 7.21. The smallest absolute Gasteiger partial charge is 0.178 e. The molecule has 18 heavy (non-hydrogen) atoms. The highest BCUT2D eigenvalue weighted by molar-refractivity contribution is 7.81. The minimum absolute atomic E-state index is 0.249. The van der Waals surface area contributed by atoms with Crippen molar-refractivity contribution in [3.63, 3.8) is 0 Å². The summed E-state index contributed by atoms with van der Waals surface area (Å²) in [6.45, 7) is 11.5. The topological polar surface area (TPSA) is 27.7 Å². The van der Waals surface area contributed by atoms with Gasteiger partial charge in [-0.15, -0.1) is 0 Å². The quantitative estimate of drug-likeness (QED) is 0.776. The van der Waals surface area contributed by atoms with E-state index >= 15 is 0 Å². The Labute approximate surface area is 121 Å². The second-order valence-electron chi connectivity index (χ2n) is 4.95. The summed E-state index contributed by atoms with van der Waals surface area (Å²) in [6.07, 6.45) is 0. The van der Waals surface area contributed by atoms with Crippen LogP contribution in [0.15, 0.2) is 0 Å². The normalized spacial score (nSPS) is 16.0. The third-order valence-electron chi connectivity index (χ3n) is 2.64. The van der Waals surface area contributed by atoms with Crippen LogP contribution in [-0.2, 0) is 4.74 Å². The average molecular weight is 289 g/mol. The predicted molar refractivity (Wildman–Crippen MR) is 82.8 cm³/mol. The Morgan fingerprint density at radius 3 is 2.17 bits per heavy atom. The van der Waals surface area contributed by atoms with Gasteiger partial charge in [0, 0.05) is 25.2 Å². The van der Waals surface area contributed by atoms with E-state index in [2.05, 4.69) is 37.9 Å². The number of morpholine rings is 1. The van der Waals surface area contributed by atoms with E-state index < -0.39 is 0 Å².